The van der Waals surface area contributed by atoms with Crippen LogP contribution in [0.5, 0.6) is 5.88 Å². The molecule has 0 unspecified atom stereocenters. The first-order chi connectivity index (χ1) is 9.28. The molecule has 0 aliphatic carbocycles. The average molecular weight is 290 g/mol. The van der Waals surface area contributed by atoms with Crippen LogP contribution in [0.1, 0.15) is 30.6 Å². The Morgan fingerprint density at radius 1 is 1.40 bits per heavy atom. The first-order valence-corrected chi connectivity index (χ1v) is 6.22. The Morgan fingerprint density at radius 3 is 2.60 bits per heavy atom. The highest BCUT2D eigenvalue weighted by atomic mass is 19.4. The Balaban J connectivity index is 2.47. The van der Waals surface area contributed by atoms with Crippen LogP contribution < -0.4 is 10.1 Å². The third-order valence-electron chi connectivity index (χ3n) is 2.39. The van der Waals surface area contributed by atoms with Crippen LogP contribution in [0.3, 0.4) is 0 Å². The standard InChI is InChI=1S/C13H17F3N2O2/c1-9(2)5-6-17-12(19)10-3-4-11(18-7-10)20-8-13(14,15)16/h3-4,7,9H,5-6,8H2,1-2H3,(H,17,19). The number of ether oxygens (including phenoxy) is 1. The number of aromatic nitrogens is 1. The van der Waals surface area contributed by atoms with Gasteiger partial charge in [0.05, 0.1) is 5.56 Å². The van der Waals surface area contributed by atoms with Crippen LogP contribution in [0.25, 0.3) is 0 Å². The van der Waals surface area contributed by atoms with Crippen LogP contribution in [0, 0.1) is 5.92 Å². The lowest BCUT2D eigenvalue weighted by Crippen LogP contribution is -2.25. The Hall–Kier alpha value is -1.79. The molecule has 1 amide bonds. The molecule has 1 aromatic heterocycles. The van der Waals surface area contributed by atoms with E-state index in [1.165, 1.54) is 18.3 Å². The number of amides is 1. The number of carbonyl (C=O) groups excluding carboxylic acids is 1. The molecule has 0 atom stereocenters. The van der Waals surface area contributed by atoms with Gasteiger partial charge in [-0.05, 0) is 18.4 Å². The highest BCUT2D eigenvalue weighted by Crippen LogP contribution is 2.17. The Morgan fingerprint density at radius 2 is 2.10 bits per heavy atom. The maximum atomic E-state index is 11.9. The Kier molecular flexibility index (Phi) is 5.79. The van der Waals surface area contributed by atoms with E-state index in [1.54, 1.807) is 0 Å². The fourth-order valence-corrected chi connectivity index (χ4v) is 1.33. The van der Waals surface area contributed by atoms with Crippen molar-refractivity contribution in [3.05, 3.63) is 23.9 Å². The van der Waals surface area contributed by atoms with Crippen molar-refractivity contribution in [2.75, 3.05) is 13.2 Å². The molecule has 0 aliphatic rings. The summed E-state index contributed by atoms with van der Waals surface area (Å²) >= 11 is 0. The topological polar surface area (TPSA) is 51.2 Å². The fourth-order valence-electron chi connectivity index (χ4n) is 1.33. The molecule has 1 rings (SSSR count). The van der Waals surface area contributed by atoms with Gasteiger partial charge in [0, 0.05) is 18.8 Å². The van der Waals surface area contributed by atoms with Crippen LogP contribution in [-0.2, 0) is 0 Å². The van der Waals surface area contributed by atoms with Gasteiger partial charge in [0.1, 0.15) is 0 Å². The monoisotopic (exact) mass is 290 g/mol. The lowest BCUT2D eigenvalue weighted by atomic mass is 10.1. The van der Waals surface area contributed by atoms with E-state index in [-0.39, 0.29) is 17.4 Å². The Labute approximate surface area is 115 Å². The number of halogens is 3. The number of hydrogen-bond acceptors (Lipinski definition) is 3. The smallest absolute Gasteiger partial charge is 0.422 e. The molecule has 1 heterocycles. The molecule has 1 aromatic rings. The molecule has 0 bridgehead atoms. The first kappa shape index (κ1) is 16.3. The molecule has 1 N–H and O–H groups in total. The van der Waals surface area contributed by atoms with Crippen LogP contribution in [-0.4, -0.2) is 30.2 Å². The molecular formula is C13H17F3N2O2. The van der Waals surface area contributed by atoms with Gasteiger partial charge in [0.15, 0.2) is 6.61 Å². The third-order valence-corrected chi connectivity index (χ3v) is 2.39. The summed E-state index contributed by atoms with van der Waals surface area (Å²) in [5.41, 5.74) is 0.285. The van der Waals surface area contributed by atoms with Crippen molar-refractivity contribution in [2.45, 2.75) is 26.4 Å². The number of alkyl halides is 3. The van der Waals surface area contributed by atoms with Crippen molar-refractivity contribution in [2.24, 2.45) is 5.92 Å². The van der Waals surface area contributed by atoms with Gasteiger partial charge in [-0.1, -0.05) is 13.8 Å². The number of nitrogens with zero attached hydrogens (tertiary/aromatic N) is 1. The van der Waals surface area contributed by atoms with Crippen LogP contribution in [0.4, 0.5) is 13.2 Å². The molecule has 112 valence electrons. The summed E-state index contributed by atoms with van der Waals surface area (Å²) in [6, 6.07) is 2.62. The molecule has 0 aliphatic heterocycles. The highest BCUT2D eigenvalue weighted by molar-refractivity contribution is 5.93. The quantitative estimate of drug-likeness (QED) is 0.876. The predicted molar refractivity (Wildman–Crippen MR) is 67.6 cm³/mol. The predicted octanol–water partition coefficient (Wildman–Crippen LogP) is 2.80. The maximum Gasteiger partial charge on any atom is 0.422 e. The zero-order chi connectivity index (χ0) is 15.2. The average Bonchev–Trinajstić information content (AvgIpc) is 2.35. The molecule has 4 nitrogen and oxygen atoms in total. The van der Waals surface area contributed by atoms with Gasteiger partial charge in [-0.15, -0.1) is 0 Å². The van der Waals surface area contributed by atoms with Crippen molar-refractivity contribution in [3.8, 4) is 5.88 Å². The van der Waals surface area contributed by atoms with Gasteiger partial charge in [0.25, 0.3) is 5.91 Å². The molecule has 0 saturated carbocycles. The lowest BCUT2D eigenvalue weighted by molar-refractivity contribution is -0.154. The van der Waals surface area contributed by atoms with Crippen LogP contribution >= 0.6 is 0 Å². The normalized spacial score (nSPS) is 11.5. The third kappa shape index (κ3) is 6.40. The summed E-state index contributed by atoms with van der Waals surface area (Å²) in [6.07, 6.45) is -2.36. The summed E-state index contributed by atoms with van der Waals surface area (Å²) < 4.78 is 40.3. The number of nitrogens with one attached hydrogen (secondary N) is 1. The molecular weight excluding hydrogens is 273 g/mol. The second-order valence-electron chi connectivity index (χ2n) is 4.73. The summed E-state index contributed by atoms with van der Waals surface area (Å²) in [6.45, 7) is 3.23. The number of rotatable bonds is 6. The van der Waals surface area contributed by atoms with E-state index >= 15 is 0 Å². The van der Waals surface area contributed by atoms with E-state index in [4.69, 9.17) is 0 Å². The van der Waals surface area contributed by atoms with Gasteiger partial charge in [-0.25, -0.2) is 4.98 Å². The van der Waals surface area contributed by atoms with Crippen molar-refractivity contribution >= 4 is 5.91 Å². The van der Waals surface area contributed by atoms with Crippen LogP contribution in [0.2, 0.25) is 0 Å². The summed E-state index contributed by atoms with van der Waals surface area (Å²) in [5.74, 6) is 0.00754. The van der Waals surface area contributed by atoms with E-state index in [2.05, 4.69) is 15.0 Å². The van der Waals surface area contributed by atoms with E-state index < -0.39 is 12.8 Å². The highest BCUT2D eigenvalue weighted by Gasteiger charge is 2.28. The zero-order valence-corrected chi connectivity index (χ0v) is 11.3. The van der Waals surface area contributed by atoms with Crippen molar-refractivity contribution in [1.29, 1.82) is 0 Å². The second kappa shape index (κ2) is 7.12. The van der Waals surface area contributed by atoms with Gasteiger partial charge >= 0.3 is 6.18 Å². The zero-order valence-electron chi connectivity index (χ0n) is 11.3. The molecule has 0 aromatic carbocycles. The van der Waals surface area contributed by atoms with Crippen molar-refractivity contribution < 1.29 is 22.7 Å². The Bertz CT molecular complexity index is 430. The molecule has 7 heteroatoms. The summed E-state index contributed by atoms with van der Waals surface area (Å²) in [5, 5.41) is 2.71. The minimum Gasteiger partial charge on any atom is -0.468 e. The summed E-state index contributed by atoms with van der Waals surface area (Å²) in [7, 11) is 0. The molecule has 0 fully saturated rings. The van der Waals surface area contributed by atoms with Crippen molar-refractivity contribution in [3.63, 3.8) is 0 Å². The largest absolute Gasteiger partial charge is 0.468 e. The van der Waals surface area contributed by atoms with E-state index in [9.17, 15) is 18.0 Å². The van der Waals surface area contributed by atoms with E-state index in [0.717, 1.165) is 6.42 Å². The molecule has 0 spiro atoms. The summed E-state index contributed by atoms with van der Waals surface area (Å²) in [4.78, 5) is 15.3. The number of pyridine rings is 1. The molecule has 0 radical (unpaired) electrons. The van der Waals surface area contributed by atoms with Gasteiger partial charge in [-0.3, -0.25) is 4.79 Å². The molecule has 0 saturated heterocycles. The second-order valence-corrected chi connectivity index (χ2v) is 4.73. The minimum atomic E-state index is -4.41. The lowest BCUT2D eigenvalue weighted by Gasteiger charge is -2.09. The van der Waals surface area contributed by atoms with Gasteiger partial charge < -0.3 is 10.1 Å². The van der Waals surface area contributed by atoms with E-state index in [0.29, 0.717) is 12.5 Å². The SMILES string of the molecule is CC(C)CCNC(=O)c1ccc(OCC(F)(F)F)nc1. The fraction of sp³-hybridized carbons (Fsp3) is 0.538. The van der Waals surface area contributed by atoms with Crippen molar-refractivity contribution in [1.82, 2.24) is 10.3 Å². The maximum absolute atomic E-state index is 11.9. The number of hydrogen-bond donors (Lipinski definition) is 1. The minimum absolute atomic E-state index is 0.166. The van der Waals surface area contributed by atoms with Crippen LogP contribution in [0.15, 0.2) is 18.3 Å². The van der Waals surface area contributed by atoms with Gasteiger partial charge in [-0.2, -0.15) is 13.2 Å². The van der Waals surface area contributed by atoms with Gasteiger partial charge in [0.2, 0.25) is 5.88 Å². The molecule has 20 heavy (non-hydrogen) atoms. The first-order valence-electron chi connectivity index (χ1n) is 6.22. The van der Waals surface area contributed by atoms with E-state index in [1.807, 2.05) is 13.8 Å². The number of carbonyl (C=O) groups is 1.